The Morgan fingerprint density at radius 2 is 1.81 bits per heavy atom. The van der Waals surface area contributed by atoms with Crippen molar-refractivity contribution in [3.05, 3.63) is 52.3 Å². The summed E-state index contributed by atoms with van der Waals surface area (Å²) in [6, 6.07) is 11.4. The normalized spacial score (nSPS) is 19.6. The van der Waals surface area contributed by atoms with E-state index in [0.29, 0.717) is 29.4 Å². The Morgan fingerprint density at radius 3 is 2.46 bits per heavy atom. The summed E-state index contributed by atoms with van der Waals surface area (Å²) in [5, 5.41) is 10.1. The lowest BCUT2D eigenvalue weighted by Gasteiger charge is -2.34. The lowest BCUT2D eigenvalue weighted by atomic mass is 9.72. The number of hydrogen-bond donors (Lipinski definition) is 0. The van der Waals surface area contributed by atoms with Crippen LogP contribution in [0.5, 0.6) is 0 Å². The number of likely N-dealkylation sites (tertiary alicyclic amines) is 1. The number of ether oxygens (including phenoxy) is 1. The molecule has 37 heavy (non-hydrogen) atoms. The maximum absolute atomic E-state index is 14.1. The quantitative estimate of drug-likeness (QED) is 0.445. The molecule has 2 fully saturated rings. The maximum atomic E-state index is 14.1. The van der Waals surface area contributed by atoms with Gasteiger partial charge in [-0.05, 0) is 70.7 Å². The predicted octanol–water partition coefficient (Wildman–Crippen LogP) is 6.60. The van der Waals surface area contributed by atoms with E-state index in [9.17, 15) is 14.9 Å². The summed E-state index contributed by atoms with van der Waals surface area (Å²) < 4.78 is 5.54. The number of carbonyl (C=O) groups is 2. The summed E-state index contributed by atoms with van der Waals surface area (Å²) >= 11 is 6.34. The lowest BCUT2D eigenvalue weighted by Crippen LogP contribution is -2.41. The first-order chi connectivity index (χ1) is 17.6. The average Bonchev–Trinajstić information content (AvgIpc) is 3.10. The molecule has 0 bridgehead atoms. The number of hydrogen-bond acceptors (Lipinski definition) is 5. The zero-order valence-corrected chi connectivity index (χ0v) is 22.5. The molecule has 8 heteroatoms. The molecule has 3 heterocycles. The van der Waals surface area contributed by atoms with Crippen LogP contribution in [0.15, 0.2) is 30.3 Å². The highest BCUT2D eigenvalue weighted by Gasteiger charge is 2.53. The third-order valence-electron chi connectivity index (χ3n) is 7.82. The number of carbonyl (C=O) groups excluding carboxylic acids is 2. The van der Waals surface area contributed by atoms with Crippen molar-refractivity contribution in [2.75, 3.05) is 18.0 Å². The highest BCUT2D eigenvalue weighted by atomic mass is 35.5. The second-order valence-corrected chi connectivity index (χ2v) is 11.8. The second-order valence-electron chi connectivity index (χ2n) is 11.4. The topological polar surface area (TPSA) is 86.5 Å². The van der Waals surface area contributed by atoms with Crippen LogP contribution in [0.4, 0.5) is 16.2 Å². The van der Waals surface area contributed by atoms with Gasteiger partial charge in [0.25, 0.3) is 0 Å². The molecule has 2 aliphatic heterocycles. The van der Waals surface area contributed by atoms with Crippen LogP contribution in [0, 0.1) is 11.3 Å². The first kappa shape index (κ1) is 25.5. The molecule has 7 nitrogen and oxygen atoms in total. The van der Waals surface area contributed by atoms with Gasteiger partial charge in [-0.3, -0.25) is 14.7 Å². The standard InChI is InChI=1S/C29H33ClN4O3/c1-28(2,3)37-27(36)33-16-12-19(13-17-33)22-10-11-24-25(32-22)29(14-5-4-6-15-29)26(35)34(24)23-9-7-8-21(30)20(23)18-31/h7-11,19H,4-6,12-17H2,1-3H3. The molecule has 5 rings (SSSR count). The number of fused-ring (bicyclic) bond motifs is 2. The highest BCUT2D eigenvalue weighted by molar-refractivity contribution is 6.32. The number of nitrogens with zero attached hydrogens (tertiary/aromatic N) is 4. The van der Waals surface area contributed by atoms with E-state index in [1.165, 1.54) is 0 Å². The van der Waals surface area contributed by atoms with Crippen molar-refractivity contribution in [2.45, 2.75) is 82.7 Å². The number of anilines is 2. The van der Waals surface area contributed by atoms with Crippen molar-refractivity contribution in [1.29, 1.82) is 5.26 Å². The Bertz CT molecular complexity index is 1260. The Balaban J connectivity index is 1.47. The molecule has 0 radical (unpaired) electrons. The van der Waals surface area contributed by atoms with Gasteiger partial charge in [-0.25, -0.2) is 4.79 Å². The zero-order chi connectivity index (χ0) is 26.4. The smallest absolute Gasteiger partial charge is 0.410 e. The first-order valence-corrected chi connectivity index (χ1v) is 13.5. The summed E-state index contributed by atoms with van der Waals surface area (Å²) in [5.41, 5.74) is 2.17. The van der Waals surface area contributed by atoms with Crippen LogP contribution in [0.3, 0.4) is 0 Å². The van der Waals surface area contributed by atoms with Crippen LogP contribution in [-0.2, 0) is 14.9 Å². The Kier molecular flexibility index (Phi) is 6.66. The van der Waals surface area contributed by atoms with Gasteiger partial charge < -0.3 is 9.64 Å². The highest BCUT2D eigenvalue weighted by Crippen LogP contribution is 2.52. The van der Waals surface area contributed by atoms with Gasteiger partial charge in [0.15, 0.2) is 0 Å². The molecule has 3 aliphatic rings. The number of nitriles is 1. The predicted molar refractivity (Wildman–Crippen MR) is 142 cm³/mol. The fraction of sp³-hybridized carbons (Fsp3) is 0.517. The van der Waals surface area contributed by atoms with Crippen LogP contribution in [0.25, 0.3) is 0 Å². The summed E-state index contributed by atoms with van der Waals surface area (Å²) in [5.74, 6) is 0.194. The van der Waals surface area contributed by atoms with Crippen LogP contribution in [-0.4, -0.2) is 40.6 Å². The molecule has 2 amide bonds. The van der Waals surface area contributed by atoms with Gasteiger partial charge in [0, 0.05) is 24.7 Å². The summed E-state index contributed by atoms with van der Waals surface area (Å²) in [4.78, 5) is 35.2. The molecular weight excluding hydrogens is 488 g/mol. The SMILES string of the molecule is CC(C)(C)OC(=O)N1CCC(c2ccc3c(n2)C2(CCCCC2)C(=O)N3c2cccc(Cl)c2C#N)CC1. The van der Waals surface area contributed by atoms with Crippen LogP contribution < -0.4 is 4.90 Å². The van der Waals surface area contributed by atoms with Crippen molar-refractivity contribution in [3.63, 3.8) is 0 Å². The largest absolute Gasteiger partial charge is 0.444 e. The Hall–Kier alpha value is -3.11. The molecule has 2 aromatic rings. The lowest BCUT2D eigenvalue weighted by molar-refractivity contribution is -0.123. The van der Waals surface area contributed by atoms with Crippen molar-refractivity contribution in [2.24, 2.45) is 0 Å². The van der Waals surface area contributed by atoms with Gasteiger partial charge in [0.05, 0.1) is 33.1 Å². The van der Waals surface area contributed by atoms with Gasteiger partial charge >= 0.3 is 6.09 Å². The van der Waals surface area contributed by atoms with Crippen molar-refractivity contribution in [1.82, 2.24) is 9.88 Å². The summed E-state index contributed by atoms with van der Waals surface area (Å²) in [6.07, 6.45) is 5.88. The van der Waals surface area contributed by atoms with E-state index in [2.05, 4.69) is 6.07 Å². The van der Waals surface area contributed by atoms with E-state index in [0.717, 1.165) is 62.0 Å². The third-order valence-corrected chi connectivity index (χ3v) is 8.13. The molecule has 1 saturated carbocycles. The molecule has 0 unspecified atom stereocenters. The van der Waals surface area contributed by atoms with E-state index < -0.39 is 11.0 Å². The fourth-order valence-electron chi connectivity index (χ4n) is 5.99. The second kappa shape index (κ2) is 9.64. The van der Waals surface area contributed by atoms with Gasteiger partial charge in [-0.2, -0.15) is 5.26 Å². The van der Waals surface area contributed by atoms with E-state index in [1.807, 2.05) is 32.9 Å². The first-order valence-electron chi connectivity index (χ1n) is 13.2. The Morgan fingerprint density at radius 1 is 1.11 bits per heavy atom. The van der Waals surface area contributed by atoms with Crippen molar-refractivity contribution in [3.8, 4) is 6.07 Å². The number of pyridine rings is 1. The monoisotopic (exact) mass is 520 g/mol. The minimum absolute atomic E-state index is 0.00892. The fourth-order valence-corrected chi connectivity index (χ4v) is 6.20. The van der Waals surface area contributed by atoms with E-state index in [1.54, 1.807) is 28.0 Å². The van der Waals surface area contributed by atoms with Gasteiger partial charge in [-0.1, -0.05) is 36.9 Å². The summed E-state index contributed by atoms with van der Waals surface area (Å²) in [7, 11) is 0. The summed E-state index contributed by atoms with van der Waals surface area (Å²) in [6.45, 7) is 6.85. The number of piperidine rings is 1. The number of halogens is 1. The number of rotatable bonds is 2. The number of aromatic nitrogens is 1. The van der Waals surface area contributed by atoms with Crippen molar-refractivity contribution >= 4 is 35.0 Å². The molecule has 0 atom stereocenters. The molecule has 1 spiro atoms. The van der Waals surface area contributed by atoms with Crippen LogP contribution in [0.1, 0.15) is 88.6 Å². The zero-order valence-electron chi connectivity index (χ0n) is 21.7. The molecule has 1 saturated heterocycles. The van der Waals surface area contributed by atoms with E-state index >= 15 is 0 Å². The average molecular weight is 521 g/mol. The molecular formula is C29H33ClN4O3. The Labute approximate surface area is 223 Å². The number of amides is 2. The number of benzene rings is 1. The van der Waals surface area contributed by atoms with E-state index in [4.69, 9.17) is 21.3 Å². The van der Waals surface area contributed by atoms with Gasteiger partial charge in [0.2, 0.25) is 5.91 Å². The van der Waals surface area contributed by atoms with Crippen LogP contribution in [0.2, 0.25) is 5.02 Å². The van der Waals surface area contributed by atoms with Gasteiger partial charge in [-0.15, -0.1) is 0 Å². The van der Waals surface area contributed by atoms with Crippen molar-refractivity contribution < 1.29 is 14.3 Å². The third kappa shape index (κ3) is 4.57. The van der Waals surface area contributed by atoms with Crippen LogP contribution >= 0.6 is 11.6 Å². The van der Waals surface area contributed by atoms with Gasteiger partial charge in [0.1, 0.15) is 11.7 Å². The minimum Gasteiger partial charge on any atom is -0.444 e. The minimum atomic E-state index is -0.671. The van der Waals surface area contributed by atoms with E-state index in [-0.39, 0.29) is 17.9 Å². The molecule has 1 aromatic carbocycles. The molecule has 1 aliphatic carbocycles. The molecule has 0 N–H and O–H groups in total. The molecule has 1 aromatic heterocycles. The molecule has 194 valence electrons. The maximum Gasteiger partial charge on any atom is 0.410 e.